The number of carbonyl (C=O) groups is 1. The number of likely N-dealkylation sites (tertiary alicyclic amines) is 1. The number of aromatic nitrogens is 3. The van der Waals surface area contributed by atoms with E-state index in [4.69, 9.17) is 0 Å². The van der Waals surface area contributed by atoms with Crippen LogP contribution in [0.25, 0.3) is 11.0 Å². The largest absolute Gasteiger partial charge is 0.354 e. The van der Waals surface area contributed by atoms with Crippen molar-refractivity contribution in [3.05, 3.63) is 48.7 Å². The van der Waals surface area contributed by atoms with Gasteiger partial charge in [-0.15, -0.1) is 0 Å². The molecule has 1 atom stereocenters. The molecule has 8 heteroatoms. The van der Waals surface area contributed by atoms with Gasteiger partial charge in [-0.1, -0.05) is 0 Å². The number of carbonyl (C=O) groups excluding carboxylic acids is 1. The SMILES string of the molecule is CN(c1ncnc2[nH]ccc12)[C@H]1CN(C(=O)Nc2ccc(F)cc2)CC12CC2. The number of rotatable bonds is 3. The van der Waals surface area contributed by atoms with Crippen molar-refractivity contribution in [1.82, 2.24) is 19.9 Å². The summed E-state index contributed by atoms with van der Waals surface area (Å²) < 4.78 is 13.1. The zero-order valence-corrected chi connectivity index (χ0v) is 15.5. The lowest BCUT2D eigenvalue weighted by molar-refractivity contribution is 0.220. The van der Waals surface area contributed by atoms with Gasteiger partial charge in [-0.3, -0.25) is 0 Å². The number of fused-ring (bicyclic) bond motifs is 1. The third kappa shape index (κ3) is 2.76. The molecule has 1 aliphatic carbocycles. The van der Waals surface area contributed by atoms with Crippen molar-refractivity contribution in [3.63, 3.8) is 0 Å². The first-order valence-electron chi connectivity index (χ1n) is 9.38. The van der Waals surface area contributed by atoms with Gasteiger partial charge >= 0.3 is 6.03 Å². The normalized spacial score (nSPS) is 19.9. The Kier molecular flexibility index (Phi) is 3.75. The maximum absolute atomic E-state index is 13.1. The van der Waals surface area contributed by atoms with Crippen molar-refractivity contribution < 1.29 is 9.18 Å². The van der Waals surface area contributed by atoms with E-state index in [2.05, 4.69) is 25.2 Å². The summed E-state index contributed by atoms with van der Waals surface area (Å²) in [5.41, 5.74) is 1.52. The van der Waals surface area contributed by atoms with Crippen LogP contribution in [0.15, 0.2) is 42.9 Å². The molecule has 0 unspecified atom stereocenters. The quantitative estimate of drug-likeness (QED) is 0.731. The molecule has 2 N–H and O–H groups in total. The van der Waals surface area contributed by atoms with Crippen molar-refractivity contribution >= 4 is 28.6 Å². The fraction of sp³-hybridized carbons (Fsp3) is 0.350. The molecule has 1 saturated heterocycles. The first kappa shape index (κ1) is 17.0. The zero-order chi connectivity index (χ0) is 19.3. The number of anilines is 2. The molecule has 5 rings (SSSR count). The molecule has 0 bridgehead atoms. The molecule has 2 fully saturated rings. The van der Waals surface area contributed by atoms with Crippen LogP contribution >= 0.6 is 0 Å². The van der Waals surface area contributed by atoms with Gasteiger partial charge in [0, 0.05) is 37.4 Å². The Morgan fingerprint density at radius 2 is 2.07 bits per heavy atom. The summed E-state index contributed by atoms with van der Waals surface area (Å²) in [6, 6.07) is 7.86. The van der Waals surface area contributed by atoms with Gasteiger partial charge in [0.15, 0.2) is 0 Å². The molecule has 1 spiro atoms. The lowest BCUT2D eigenvalue weighted by atomic mass is 9.99. The van der Waals surface area contributed by atoms with E-state index in [1.54, 1.807) is 18.5 Å². The molecule has 2 aromatic heterocycles. The third-order valence-corrected chi connectivity index (χ3v) is 6.02. The highest BCUT2D eigenvalue weighted by Gasteiger charge is 2.57. The number of benzene rings is 1. The van der Waals surface area contributed by atoms with Gasteiger partial charge in [-0.2, -0.15) is 0 Å². The monoisotopic (exact) mass is 380 g/mol. The molecule has 1 aromatic carbocycles. The predicted octanol–water partition coefficient (Wildman–Crippen LogP) is 3.23. The van der Waals surface area contributed by atoms with Crippen molar-refractivity contribution in [2.75, 3.05) is 30.4 Å². The number of hydrogen-bond donors (Lipinski definition) is 2. The summed E-state index contributed by atoms with van der Waals surface area (Å²) in [5, 5.41) is 3.85. The molecule has 7 nitrogen and oxygen atoms in total. The van der Waals surface area contributed by atoms with Crippen LogP contribution in [0, 0.1) is 11.2 Å². The fourth-order valence-electron chi connectivity index (χ4n) is 4.32. The smallest absolute Gasteiger partial charge is 0.321 e. The molecular weight excluding hydrogens is 359 g/mol. The van der Waals surface area contributed by atoms with Crippen molar-refractivity contribution in [2.24, 2.45) is 5.41 Å². The molecular formula is C20H21FN6O. The van der Waals surface area contributed by atoms with Crippen LogP contribution in [0.2, 0.25) is 0 Å². The van der Waals surface area contributed by atoms with Gasteiger partial charge in [0.1, 0.15) is 23.6 Å². The van der Waals surface area contributed by atoms with Gasteiger partial charge in [-0.05, 0) is 43.2 Å². The molecule has 0 radical (unpaired) electrons. The van der Waals surface area contributed by atoms with E-state index in [-0.39, 0.29) is 23.3 Å². The summed E-state index contributed by atoms with van der Waals surface area (Å²) in [5.74, 6) is 0.557. The molecule has 1 saturated carbocycles. The fourth-order valence-corrected chi connectivity index (χ4v) is 4.32. The minimum absolute atomic E-state index is 0.114. The van der Waals surface area contributed by atoms with E-state index in [9.17, 15) is 9.18 Å². The van der Waals surface area contributed by atoms with E-state index in [0.29, 0.717) is 12.2 Å². The van der Waals surface area contributed by atoms with Crippen molar-refractivity contribution in [3.8, 4) is 0 Å². The van der Waals surface area contributed by atoms with Gasteiger partial charge in [0.25, 0.3) is 0 Å². The number of nitrogens with zero attached hydrogens (tertiary/aromatic N) is 4. The number of hydrogen-bond acceptors (Lipinski definition) is 4. The van der Waals surface area contributed by atoms with Crippen LogP contribution in [0.1, 0.15) is 12.8 Å². The minimum Gasteiger partial charge on any atom is -0.354 e. The molecule has 28 heavy (non-hydrogen) atoms. The highest BCUT2D eigenvalue weighted by atomic mass is 19.1. The van der Waals surface area contributed by atoms with E-state index < -0.39 is 0 Å². The Bertz CT molecular complexity index is 1030. The Labute approximate surface area is 161 Å². The Morgan fingerprint density at radius 3 is 2.82 bits per heavy atom. The van der Waals surface area contributed by atoms with Crippen LogP contribution in [-0.4, -0.2) is 52.1 Å². The first-order valence-corrected chi connectivity index (χ1v) is 9.38. The zero-order valence-electron chi connectivity index (χ0n) is 15.5. The number of urea groups is 1. The molecule has 3 heterocycles. The Balaban J connectivity index is 1.36. The maximum atomic E-state index is 13.1. The van der Waals surface area contributed by atoms with Crippen LogP contribution in [0.3, 0.4) is 0 Å². The summed E-state index contributed by atoms with van der Waals surface area (Å²) in [4.78, 5) is 28.7. The predicted molar refractivity (Wildman–Crippen MR) is 105 cm³/mol. The first-order chi connectivity index (χ1) is 13.6. The third-order valence-electron chi connectivity index (χ3n) is 6.02. The number of aromatic amines is 1. The van der Waals surface area contributed by atoms with Gasteiger partial charge in [0.05, 0.1) is 11.4 Å². The van der Waals surface area contributed by atoms with Crippen LogP contribution in [0.4, 0.5) is 20.7 Å². The Morgan fingerprint density at radius 1 is 1.29 bits per heavy atom. The maximum Gasteiger partial charge on any atom is 0.321 e. The van der Waals surface area contributed by atoms with Gasteiger partial charge in [0.2, 0.25) is 0 Å². The van der Waals surface area contributed by atoms with Gasteiger partial charge < -0.3 is 20.1 Å². The highest BCUT2D eigenvalue weighted by molar-refractivity contribution is 5.90. The second kappa shape index (κ2) is 6.19. The van der Waals surface area contributed by atoms with Crippen molar-refractivity contribution in [1.29, 1.82) is 0 Å². The lowest BCUT2D eigenvalue weighted by Gasteiger charge is -2.30. The van der Waals surface area contributed by atoms with E-state index in [1.165, 1.54) is 12.1 Å². The number of amides is 2. The topological polar surface area (TPSA) is 77.2 Å². The standard InChI is InChI=1S/C20H21FN6O/c1-26(18-15-6-9-22-17(15)23-12-24-18)16-10-27(11-20(16)7-8-20)19(28)25-14-4-2-13(21)3-5-14/h2-6,9,12,16H,7-8,10-11H2,1H3,(H,25,28)(H,22,23,24)/t16-/m0/s1. The Hall–Kier alpha value is -3.16. The summed E-state index contributed by atoms with van der Waals surface area (Å²) in [6.45, 7) is 1.34. The van der Waals surface area contributed by atoms with Crippen LogP contribution < -0.4 is 10.2 Å². The van der Waals surface area contributed by atoms with E-state index in [1.807, 2.05) is 24.2 Å². The molecule has 1 aliphatic heterocycles. The molecule has 2 amide bonds. The van der Waals surface area contributed by atoms with E-state index >= 15 is 0 Å². The summed E-state index contributed by atoms with van der Waals surface area (Å²) in [6.07, 6.45) is 5.63. The lowest BCUT2D eigenvalue weighted by Crippen LogP contribution is -2.40. The second-order valence-corrected chi connectivity index (χ2v) is 7.74. The average Bonchev–Trinajstić information content (AvgIpc) is 3.13. The molecule has 2 aliphatic rings. The minimum atomic E-state index is -0.321. The van der Waals surface area contributed by atoms with Crippen molar-refractivity contribution in [2.45, 2.75) is 18.9 Å². The van der Waals surface area contributed by atoms with Crippen LogP contribution in [0.5, 0.6) is 0 Å². The number of halogens is 1. The van der Waals surface area contributed by atoms with E-state index in [0.717, 1.165) is 36.2 Å². The second-order valence-electron chi connectivity index (χ2n) is 7.74. The molecule has 144 valence electrons. The number of H-pyrrole nitrogens is 1. The number of nitrogens with one attached hydrogen (secondary N) is 2. The highest BCUT2D eigenvalue weighted by Crippen LogP contribution is 2.55. The summed E-state index contributed by atoms with van der Waals surface area (Å²) in [7, 11) is 2.04. The van der Waals surface area contributed by atoms with Crippen LogP contribution in [-0.2, 0) is 0 Å². The summed E-state index contributed by atoms with van der Waals surface area (Å²) >= 11 is 0. The molecule has 3 aromatic rings. The van der Waals surface area contributed by atoms with Gasteiger partial charge in [-0.25, -0.2) is 19.2 Å². The number of likely N-dealkylation sites (N-methyl/N-ethyl adjacent to an activating group) is 1. The average molecular weight is 380 g/mol.